The molecule has 1 aromatic rings. The molecule has 0 radical (unpaired) electrons. The molecule has 1 rings (SSSR count). The minimum absolute atomic E-state index is 0.128. The van der Waals surface area contributed by atoms with Crippen molar-refractivity contribution in [2.24, 2.45) is 0 Å². The lowest BCUT2D eigenvalue weighted by Crippen LogP contribution is -2.20. The summed E-state index contributed by atoms with van der Waals surface area (Å²) in [4.78, 5) is 0. The Labute approximate surface area is 95.2 Å². The van der Waals surface area contributed by atoms with Crippen molar-refractivity contribution in [1.82, 2.24) is 5.32 Å². The average Bonchev–Trinajstić information content (AvgIpc) is 2.15. The van der Waals surface area contributed by atoms with E-state index in [9.17, 15) is 4.39 Å². The first-order chi connectivity index (χ1) is 6.60. The molecule has 0 aliphatic rings. The zero-order valence-corrected chi connectivity index (χ0v) is 9.86. The Bertz CT molecular complexity index is 331. The second-order valence-electron chi connectivity index (χ2n) is 2.81. The summed E-state index contributed by atoms with van der Waals surface area (Å²) in [6, 6.07) is 2.45. The number of rotatable bonds is 3. The standard InChI is InChI=1S/C9H10BrClFNO/c1-13-9(4-14)5-2-8(12)6(10)3-7(5)11/h2-3,9,13-14H,4H2,1H3/t9-/m1/s1. The monoisotopic (exact) mass is 281 g/mol. The van der Waals surface area contributed by atoms with Gasteiger partial charge in [0.05, 0.1) is 17.1 Å². The van der Waals surface area contributed by atoms with Gasteiger partial charge in [-0.2, -0.15) is 0 Å². The third-order valence-corrected chi connectivity index (χ3v) is 2.88. The van der Waals surface area contributed by atoms with Gasteiger partial charge >= 0.3 is 0 Å². The Kier molecular flexibility index (Phi) is 4.31. The van der Waals surface area contributed by atoms with Crippen molar-refractivity contribution in [3.05, 3.63) is 33.0 Å². The minimum Gasteiger partial charge on any atom is -0.394 e. The van der Waals surface area contributed by atoms with Gasteiger partial charge in [0.1, 0.15) is 5.82 Å². The zero-order valence-electron chi connectivity index (χ0n) is 7.52. The zero-order chi connectivity index (χ0) is 10.7. The molecule has 0 aliphatic heterocycles. The Morgan fingerprint density at radius 2 is 2.29 bits per heavy atom. The molecule has 14 heavy (non-hydrogen) atoms. The molecule has 0 saturated heterocycles. The van der Waals surface area contributed by atoms with Crippen LogP contribution in [0, 0.1) is 5.82 Å². The second kappa shape index (κ2) is 5.07. The predicted octanol–water partition coefficient (Wildman–Crippen LogP) is 2.49. The Morgan fingerprint density at radius 1 is 1.64 bits per heavy atom. The minimum atomic E-state index is -0.391. The van der Waals surface area contributed by atoms with Crippen LogP contribution in [-0.2, 0) is 0 Å². The molecule has 0 spiro atoms. The molecule has 78 valence electrons. The van der Waals surface area contributed by atoms with Crippen LogP contribution in [0.4, 0.5) is 4.39 Å². The van der Waals surface area contributed by atoms with Crippen LogP contribution >= 0.6 is 27.5 Å². The van der Waals surface area contributed by atoms with Crippen molar-refractivity contribution in [3.8, 4) is 0 Å². The number of hydrogen-bond donors (Lipinski definition) is 2. The number of hydrogen-bond acceptors (Lipinski definition) is 2. The fraction of sp³-hybridized carbons (Fsp3) is 0.333. The lowest BCUT2D eigenvalue weighted by atomic mass is 10.1. The van der Waals surface area contributed by atoms with E-state index in [2.05, 4.69) is 21.2 Å². The lowest BCUT2D eigenvalue weighted by molar-refractivity contribution is 0.251. The molecule has 0 saturated carbocycles. The van der Waals surface area contributed by atoms with Crippen LogP contribution < -0.4 is 5.32 Å². The summed E-state index contributed by atoms with van der Waals surface area (Å²) in [6.07, 6.45) is 0. The quantitative estimate of drug-likeness (QED) is 0.835. The van der Waals surface area contributed by atoms with E-state index in [-0.39, 0.29) is 12.6 Å². The highest BCUT2D eigenvalue weighted by Crippen LogP contribution is 2.28. The fourth-order valence-corrected chi connectivity index (χ4v) is 1.92. The van der Waals surface area contributed by atoms with Gasteiger partial charge in [0.15, 0.2) is 0 Å². The van der Waals surface area contributed by atoms with Gasteiger partial charge in [0, 0.05) is 5.02 Å². The van der Waals surface area contributed by atoms with Gasteiger partial charge < -0.3 is 10.4 Å². The third kappa shape index (κ3) is 2.45. The SMILES string of the molecule is CN[C@H](CO)c1cc(F)c(Br)cc1Cl. The van der Waals surface area contributed by atoms with E-state index in [1.807, 2.05) is 0 Å². The highest BCUT2D eigenvalue weighted by atomic mass is 79.9. The first-order valence-electron chi connectivity index (χ1n) is 4.02. The molecule has 0 aromatic heterocycles. The molecule has 1 atom stereocenters. The van der Waals surface area contributed by atoms with Crippen LogP contribution in [-0.4, -0.2) is 18.8 Å². The number of benzene rings is 1. The van der Waals surface area contributed by atoms with Crippen molar-refractivity contribution in [2.45, 2.75) is 6.04 Å². The number of halogens is 3. The Morgan fingerprint density at radius 3 is 2.79 bits per heavy atom. The van der Waals surface area contributed by atoms with Crippen LogP contribution in [0.3, 0.4) is 0 Å². The predicted molar refractivity (Wildman–Crippen MR) is 58.0 cm³/mol. The highest BCUT2D eigenvalue weighted by molar-refractivity contribution is 9.10. The number of aliphatic hydroxyl groups is 1. The van der Waals surface area contributed by atoms with E-state index in [0.29, 0.717) is 15.1 Å². The van der Waals surface area contributed by atoms with Gasteiger partial charge in [-0.05, 0) is 40.7 Å². The smallest absolute Gasteiger partial charge is 0.137 e. The van der Waals surface area contributed by atoms with Crippen LogP contribution in [0.15, 0.2) is 16.6 Å². The van der Waals surface area contributed by atoms with E-state index in [1.54, 1.807) is 7.05 Å². The topological polar surface area (TPSA) is 32.3 Å². The van der Waals surface area contributed by atoms with Crippen LogP contribution in [0.2, 0.25) is 5.02 Å². The van der Waals surface area contributed by atoms with Crippen LogP contribution in [0.1, 0.15) is 11.6 Å². The summed E-state index contributed by atoms with van der Waals surface area (Å²) in [6.45, 7) is -0.128. The first kappa shape index (κ1) is 11.9. The number of likely N-dealkylation sites (N-methyl/N-ethyl adjacent to an activating group) is 1. The van der Waals surface area contributed by atoms with E-state index in [0.717, 1.165) is 0 Å². The highest BCUT2D eigenvalue weighted by Gasteiger charge is 2.14. The van der Waals surface area contributed by atoms with Crippen LogP contribution in [0.25, 0.3) is 0 Å². The van der Waals surface area contributed by atoms with Gasteiger partial charge in [0.25, 0.3) is 0 Å². The normalized spacial score (nSPS) is 12.9. The summed E-state index contributed by atoms with van der Waals surface area (Å²) in [5.41, 5.74) is 0.553. The maximum absolute atomic E-state index is 13.2. The summed E-state index contributed by atoms with van der Waals surface area (Å²) in [7, 11) is 1.68. The van der Waals surface area contributed by atoms with E-state index >= 15 is 0 Å². The van der Waals surface area contributed by atoms with Gasteiger partial charge in [-0.3, -0.25) is 0 Å². The summed E-state index contributed by atoms with van der Waals surface area (Å²) in [5, 5.41) is 12.3. The van der Waals surface area contributed by atoms with Crippen LogP contribution in [0.5, 0.6) is 0 Å². The molecule has 2 N–H and O–H groups in total. The van der Waals surface area contributed by atoms with Gasteiger partial charge in [-0.1, -0.05) is 11.6 Å². The second-order valence-corrected chi connectivity index (χ2v) is 4.07. The van der Waals surface area contributed by atoms with Crippen molar-refractivity contribution in [1.29, 1.82) is 0 Å². The average molecular weight is 283 g/mol. The number of aliphatic hydroxyl groups excluding tert-OH is 1. The largest absolute Gasteiger partial charge is 0.394 e. The summed E-state index contributed by atoms with van der Waals surface area (Å²) < 4.78 is 13.5. The fourth-order valence-electron chi connectivity index (χ4n) is 1.15. The Balaban J connectivity index is 3.14. The molecular weight excluding hydrogens is 272 g/mol. The van der Waals surface area contributed by atoms with E-state index in [1.165, 1.54) is 12.1 Å². The van der Waals surface area contributed by atoms with E-state index < -0.39 is 5.82 Å². The Hall–Kier alpha value is -0.160. The van der Waals surface area contributed by atoms with E-state index in [4.69, 9.17) is 16.7 Å². The van der Waals surface area contributed by atoms with Crippen molar-refractivity contribution >= 4 is 27.5 Å². The van der Waals surface area contributed by atoms with Crippen molar-refractivity contribution in [2.75, 3.05) is 13.7 Å². The molecular formula is C9H10BrClFNO. The van der Waals surface area contributed by atoms with Gasteiger partial charge in [-0.15, -0.1) is 0 Å². The molecule has 0 unspecified atom stereocenters. The molecule has 2 nitrogen and oxygen atoms in total. The molecule has 0 heterocycles. The molecule has 1 aromatic carbocycles. The molecule has 0 fully saturated rings. The molecule has 5 heteroatoms. The van der Waals surface area contributed by atoms with Crippen molar-refractivity contribution in [3.63, 3.8) is 0 Å². The maximum Gasteiger partial charge on any atom is 0.137 e. The van der Waals surface area contributed by atoms with Gasteiger partial charge in [0.2, 0.25) is 0 Å². The molecule has 0 aliphatic carbocycles. The number of nitrogens with one attached hydrogen (secondary N) is 1. The first-order valence-corrected chi connectivity index (χ1v) is 5.19. The lowest BCUT2D eigenvalue weighted by Gasteiger charge is -2.15. The molecule has 0 amide bonds. The third-order valence-electron chi connectivity index (χ3n) is 1.95. The summed E-state index contributed by atoms with van der Waals surface area (Å²) in [5.74, 6) is -0.391. The summed E-state index contributed by atoms with van der Waals surface area (Å²) >= 11 is 8.94. The maximum atomic E-state index is 13.2. The van der Waals surface area contributed by atoms with Gasteiger partial charge in [-0.25, -0.2) is 4.39 Å². The molecule has 0 bridgehead atoms. The van der Waals surface area contributed by atoms with Crippen molar-refractivity contribution < 1.29 is 9.50 Å².